The molecule has 0 spiro atoms. The fourth-order valence-electron chi connectivity index (χ4n) is 2.90. The van der Waals surface area contributed by atoms with Crippen molar-refractivity contribution < 1.29 is 0 Å². The number of hydrogen-bond donors (Lipinski definition) is 1. The summed E-state index contributed by atoms with van der Waals surface area (Å²) < 4.78 is 0. The molecule has 3 heteroatoms. The standard InChI is InChI=1S/C15H23N3/c1-2-15(1)18(11-13-3-7-16-8-4-13)12-14-5-9-17-10-6-14/h3-4,7-8,14-15,17H,1-2,5-6,9-12H2. The maximum absolute atomic E-state index is 4.10. The summed E-state index contributed by atoms with van der Waals surface area (Å²) in [5, 5.41) is 3.46. The minimum absolute atomic E-state index is 0.855. The highest BCUT2D eigenvalue weighted by molar-refractivity contribution is 5.10. The van der Waals surface area contributed by atoms with Crippen molar-refractivity contribution in [3.8, 4) is 0 Å². The van der Waals surface area contributed by atoms with Crippen LogP contribution in [0.4, 0.5) is 0 Å². The highest BCUT2D eigenvalue weighted by Crippen LogP contribution is 2.30. The van der Waals surface area contributed by atoms with Crippen LogP contribution in [0.25, 0.3) is 0 Å². The number of piperidine rings is 1. The molecule has 98 valence electrons. The van der Waals surface area contributed by atoms with Crippen LogP contribution < -0.4 is 5.32 Å². The summed E-state index contributed by atoms with van der Waals surface area (Å²) >= 11 is 0. The molecule has 2 heterocycles. The lowest BCUT2D eigenvalue weighted by Crippen LogP contribution is -2.37. The number of hydrogen-bond acceptors (Lipinski definition) is 3. The van der Waals surface area contributed by atoms with Crippen LogP contribution in [0.15, 0.2) is 24.5 Å². The van der Waals surface area contributed by atoms with Crippen molar-refractivity contribution in [3.05, 3.63) is 30.1 Å². The fourth-order valence-corrected chi connectivity index (χ4v) is 2.90. The van der Waals surface area contributed by atoms with E-state index in [0.29, 0.717) is 0 Å². The molecule has 1 N–H and O–H groups in total. The Bertz CT molecular complexity index is 355. The highest BCUT2D eigenvalue weighted by Gasteiger charge is 2.30. The molecule has 0 radical (unpaired) electrons. The third-order valence-corrected chi connectivity index (χ3v) is 4.15. The lowest BCUT2D eigenvalue weighted by atomic mass is 9.97. The molecular weight excluding hydrogens is 222 g/mol. The predicted octanol–water partition coefficient (Wildman–Crippen LogP) is 2.05. The van der Waals surface area contributed by atoms with Crippen LogP contribution >= 0.6 is 0 Å². The molecule has 0 unspecified atom stereocenters. The first-order valence-corrected chi connectivity index (χ1v) is 7.25. The van der Waals surface area contributed by atoms with Crippen molar-refractivity contribution in [1.82, 2.24) is 15.2 Å². The molecule has 2 fully saturated rings. The number of rotatable bonds is 5. The number of aromatic nitrogens is 1. The fraction of sp³-hybridized carbons (Fsp3) is 0.667. The average molecular weight is 245 g/mol. The first kappa shape index (κ1) is 12.1. The zero-order valence-electron chi connectivity index (χ0n) is 11.0. The molecule has 2 aliphatic rings. The van der Waals surface area contributed by atoms with Gasteiger partial charge < -0.3 is 5.32 Å². The van der Waals surface area contributed by atoms with E-state index >= 15 is 0 Å². The number of nitrogens with one attached hydrogen (secondary N) is 1. The Labute approximate surface area is 110 Å². The maximum Gasteiger partial charge on any atom is 0.0271 e. The Kier molecular flexibility index (Phi) is 3.91. The Morgan fingerprint density at radius 3 is 2.50 bits per heavy atom. The van der Waals surface area contributed by atoms with Crippen molar-refractivity contribution in [2.75, 3.05) is 19.6 Å². The zero-order valence-corrected chi connectivity index (χ0v) is 11.0. The molecule has 0 amide bonds. The average Bonchev–Trinajstić information content (AvgIpc) is 3.25. The van der Waals surface area contributed by atoms with Gasteiger partial charge in [-0.25, -0.2) is 0 Å². The summed E-state index contributed by atoms with van der Waals surface area (Å²) in [6, 6.07) is 5.16. The minimum atomic E-state index is 0.855. The zero-order chi connectivity index (χ0) is 12.2. The third-order valence-electron chi connectivity index (χ3n) is 4.15. The van der Waals surface area contributed by atoms with Crippen molar-refractivity contribution in [2.24, 2.45) is 5.92 Å². The smallest absolute Gasteiger partial charge is 0.0271 e. The van der Waals surface area contributed by atoms with E-state index in [1.54, 1.807) is 0 Å². The van der Waals surface area contributed by atoms with E-state index in [2.05, 4.69) is 27.3 Å². The molecule has 1 saturated heterocycles. The van der Waals surface area contributed by atoms with Gasteiger partial charge in [-0.05, 0) is 62.4 Å². The largest absolute Gasteiger partial charge is 0.317 e. The number of nitrogens with zero attached hydrogens (tertiary/aromatic N) is 2. The molecule has 0 atom stereocenters. The van der Waals surface area contributed by atoms with Gasteiger partial charge in [0, 0.05) is 31.5 Å². The molecule has 0 aromatic carbocycles. The molecule has 18 heavy (non-hydrogen) atoms. The van der Waals surface area contributed by atoms with E-state index in [9.17, 15) is 0 Å². The Hall–Kier alpha value is -0.930. The number of pyridine rings is 1. The van der Waals surface area contributed by atoms with E-state index in [1.807, 2.05) is 12.4 Å². The van der Waals surface area contributed by atoms with Gasteiger partial charge in [-0.2, -0.15) is 0 Å². The van der Waals surface area contributed by atoms with Gasteiger partial charge in [0.25, 0.3) is 0 Å². The van der Waals surface area contributed by atoms with Crippen LogP contribution in [0.1, 0.15) is 31.2 Å². The maximum atomic E-state index is 4.10. The van der Waals surface area contributed by atoms with Crippen molar-refractivity contribution >= 4 is 0 Å². The van der Waals surface area contributed by atoms with Gasteiger partial charge in [0.1, 0.15) is 0 Å². The first-order valence-electron chi connectivity index (χ1n) is 7.25. The lowest BCUT2D eigenvalue weighted by Gasteiger charge is -2.30. The summed E-state index contributed by atoms with van der Waals surface area (Å²) in [7, 11) is 0. The van der Waals surface area contributed by atoms with Gasteiger partial charge >= 0.3 is 0 Å². The molecule has 3 nitrogen and oxygen atoms in total. The van der Waals surface area contributed by atoms with Gasteiger partial charge in [-0.1, -0.05) is 0 Å². The normalized spacial score (nSPS) is 21.4. The Morgan fingerprint density at radius 2 is 1.83 bits per heavy atom. The SMILES string of the molecule is c1cc(CN(CC2CCNCC2)C2CC2)ccn1. The minimum Gasteiger partial charge on any atom is -0.317 e. The Morgan fingerprint density at radius 1 is 1.11 bits per heavy atom. The van der Waals surface area contributed by atoms with Crippen LogP contribution in [0.3, 0.4) is 0 Å². The summed E-state index contributed by atoms with van der Waals surface area (Å²) in [5.74, 6) is 0.897. The van der Waals surface area contributed by atoms with Crippen molar-refractivity contribution in [3.63, 3.8) is 0 Å². The second-order valence-corrected chi connectivity index (χ2v) is 5.71. The quantitative estimate of drug-likeness (QED) is 0.860. The van der Waals surface area contributed by atoms with Crippen LogP contribution in [0, 0.1) is 5.92 Å². The first-order chi connectivity index (χ1) is 8.92. The lowest BCUT2D eigenvalue weighted by molar-refractivity contribution is 0.190. The Balaban J connectivity index is 1.58. The topological polar surface area (TPSA) is 28.2 Å². The van der Waals surface area contributed by atoms with Crippen LogP contribution in [0.2, 0.25) is 0 Å². The highest BCUT2D eigenvalue weighted by atomic mass is 15.2. The van der Waals surface area contributed by atoms with Crippen LogP contribution in [-0.4, -0.2) is 35.6 Å². The summed E-state index contributed by atoms with van der Waals surface area (Å²) in [6.45, 7) is 4.81. The molecule has 1 saturated carbocycles. The molecule has 1 aromatic heterocycles. The van der Waals surface area contributed by atoms with E-state index < -0.39 is 0 Å². The van der Waals surface area contributed by atoms with Gasteiger partial charge in [0.05, 0.1) is 0 Å². The van der Waals surface area contributed by atoms with Crippen LogP contribution in [-0.2, 0) is 6.54 Å². The van der Waals surface area contributed by atoms with Crippen molar-refractivity contribution in [2.45, 2.75) is 38.3 Å². The second kappa shape index (κ2) is 5.81. The predicted molar refractivity (Wildman–Crippen MR) is 73.3 cm³/mol. The molecule has 1 aromatic rings. The molecule has 1 aliphatic carbocycles. The summed E-state index contributed by atoms with van der Waals surface area (Å²) in [6.07, 6.45) is 9.31. The van der Waals surface area contributed by atoms with Gasteiger partial charge in [-0.3, -0.25) is 9.88 Å². The summed E-state index contributed by atoms with van der Waals surface area (Å²) in [5.41, 5.74) is 1.41. The molecule has 3 rings (SSSR count). The molecule has 1 aliphatic heterocycles. The molecular formula is C15H23N3. The van der Waals surface area contributed by atoms with E-state index in [4.69, 9.17) is 0 Å². The monoisotopic (exact) mass is 245 g/mol. The van der Waals surface area contributed by atoms with Crippen molar-refractivity contribution in [1.29, 1.82) is 0 Å². The molecule has 0 bridgehead atoms. The van der Waals surface area contributed by atoms with Gasteiger partial charge in [0.2, 0.25) is 0 Å². The third kappa shape index (κ3) is 3.30. The van der Waals surface area contributed by atoms with E-state index in [0.717, 1.165) is 18.5 Å². The van der Waals surface area contributed by atoms with E-state index in [-0.39, 0.29) is 0 Å². The summed E-state index contributed by atoms with van der Waals surface area (Å²) in [4.78, 5) is 6.80. The van der Waals surface area contributed by atoms with Gasteiger partial charge in [0.15, 0.2) is 0 Å². The van der Waals surface area contributed by atoms with Gasteiger partial charge in [-0.15, -0.1) is 0 Å². The van der Waals surface area contributed by atoms with Crippen LogP contribution in [0.5, 0.6) is 0 Å². The second-order valence-electron chi connectivity index (χ2n) is 5.71. The van der Waals surface area contributed by atoms with E-state index in [1.165, 1.54) is 50.9 Å².